The van der Waals surface area contributed by atoms with Crippen LogP contribution in [0.4, 0.5) is 5.69 Å². The van der Waals surface area contributed by atoms with Crippen molar-refractivity contribution in [3.63, 3.8) is 0 Å². The van der Waals surface area contributed by atoms with Crippen molar-refractivity contribution in [1.82, 2.24) is 15.1 Å². The zero-order valence-corrected chi connectivity index (χ0v) is 24.9. The fourth-order valence-corrected chi connectivity index (χ4v) is 7.57. The molecule has 0 aromatic heterocycles. The summed E-state index contributed by atoms with van der Waals surface area (Å²) in [5, 5.41) is 6.25. The van der Waals surface area contributed by atoms with Gasteiger partial charge in [0.25, 0.3) is 0 Å². The Bertz CT molecular complexity index is 1390. The number of rotatable bonds is 9. The molecule has 2 bridgehead atoms. The van der Waals surface area contributed by atoms with Crippen molar-refractivity contribution in [2.45, 2.75) is 55.9 Å². The van der Waals surface area contributed by atoms with Crippen molar-refractivity contribution >= 4 is 23.4 Å². The number of morpholine rings is 1. The molecule has 3 saturated heterocycles. The summed E-state index contributed by atoms with van der Waals surface area (Å²) in [7, 11) is 0. The number of nitrogens with zero attached hydrogens (tertiary/aromatic N) is 2. The smallest absolute Gasteiger partial charge is 0.246 e. The molecule has 2 N–H and O–H groups in total. The molecular formula is C34H40N4O6. The van der Waals surface area contributed by atoms with E-state index in [9.17, 15) is 14.4 Å². The maximum Gasteiger partial charge on any atom is 0.246 e. The first-order valence-electron chi connectivity index (χ1n) is 15.9. The number of amides is 3. The number of carbonyl (C=O) groups excluding carboxylic acids is 3. The Morgan fingerprint density at radius 3 is 2.39 bits per heavy atom. The third-order valence-electron chi connectivity index (χ3n) is 9.74. The fraction of sp³-hybridized carbons (Fsp3) is 0.500. The molecule has 232 valence electrons. The third kappa shape index (κ3) is 5.50. The molecule has 0 unspecified atom stereocenters. The van der Waals surface area contributed by atoms with E-state index in [1.807, 2.05) is 42.5 Å². The van der Waals surface area contributed by atoms with Crippen LogP contribution in [-0.2, 0) is 23.9 Å². The van der Waals surface area contributed by atoms with Gasteiger partial charge in [0.15, 0.2) is 0 Å². The number of benzene rings is 2. The topological polar surface area (TPSA) is 109 Å². The SMILES string of the molecule is O=C(Nc1ccc(Oc2ccccc2)cc1)[C@@H]1[C@@H]2C=C[C@]3(O2)[C@@H]1C(=O)N(CCN1CCOCC1)[C@H]3C(=O)NC1CCCCC1. The number of anilines is 1. The summed E-state index contributed by atoms with van der Waals surface area (Å²) in [5.41, 5.74) is -0.571. The van der Waals surface area contributed by atoms with Gasteiger partial charge in [0.1, 0.15) is 23.1 Å². The summed E-state index contributed by atoms with van der Waals surface area (Å²) >= 11 is 0. The number of fused-ring (bicyclic) bond motifs is 1. The molecule has 2 aromatic carbocycles. The highest BCUT2D eigenvalue weighted by Crippen LogP contribution is 2.55. The molecule has 10 nitrogen and oxygen atoms in total. The van der Waals surface area contributed by atoms with Gasteiger partial charge < -0.3 is 29.7 Å². The van der Waals surface area contributed by atoms with E-state index in [1.165, 1.54) is 6.42 Å². The zero-order valence-electron chi connectivity index (χ0n) is 24.9. The number of carbonyl (C=O) groups is 3. The lowest BCUT2D eigenvalue weighted by Gasteiger charge is -2.35. The van der Waals surface area contributed by atoms with Crippen LogP contribution < -0.4 is 15.4 Å². The molecule has 3 amide bonds. The second-order valence-corrected chi connectivity index (χ2v) is 12.5. The molecule has 5 aliphatic rings. The first-order chi connectivity index (χ1) is 21.5. The monoisotopic (exact) mass is 600 g/mol. The fourth-order valence-electron chi connectivity index (χ4n) is 7.57. The van der Waals surface area contributed by atoms with Gasteiger partial charge in [0.05, 0.1) is 31.2 Å². The predicted octanol–water partition coefficient (Wildman–Crippen LogP) is 3.35. The summed E-state index contributed by atoms with van der Waals surface area (Å²) in [5.74, 6) is -0.821. The highest BCUT2D eigenvalue weighted by molar-refractivity contribution is 6.02. The number of para-hydroxylation sites is 1. The highest BCUT2D eigenvalue weighted by Gasteiger charge is 2.72. The highest BCUT2D eigenvalue weighted by atomic mass is 16.5. The summed E-state index contributed by atoms with van der Waals surface area (Å²) in [6, 6.07) is 15.9. The molecule has 1 aliphatic carbocycles. The van der Waals surface area contributed by atoms with E-state index >= 15 is 0 Å². The van der Waals surface area contributed by atoms with Gasteiger partial charge in [0.2, 0.25) is 17.7 Å². The first-order valence-corrected chi connectivity index (χ1v) is 15.9. The lowest BCUT2D eigenvalue weighted by atomic mass is 9.74. The second-order valence-electron chi connectivity index (χ2n) is 12.5. The average Bonchev–Trinajstić information content (AvgIpc) is 3.69. The lowest BCUT2D eigenvalue weighted by Crippen LogP contribution is -2.57. The van der Waals surface area contributed by atoms with Crippen molar-refractivity contribution in [1.29, 1.82) is 0 Å². The van der Waals surface area contributed by atoms with Crippen LogP contribution >= 0.6 is 0 Å². The normalized spacial score (nSPS) is 29.9. The maximum atomic E-state index is 14.2. The number of hydrogen-bond donors (Lipinski definition) is 2. The standard InChI is InChI=1S/C34H40N4O6/c39-31(35-24-11-13-26(14-12-24)43-25-9-5-2-6-10-25)28-27-15-16-34(44-27)29(28)33(41)38(18-17-37-19-21-42-22-20-37)30(34)32(40)36-23-7-3-1-4-8-23/h2,5-6,9-16,23,27-30H,1,3-4,7-8,17-22H2,(H,35,39)(H,36,40)/t27-,28+,29-,30-,34-/m0/s1. The number of nitrogens with one attached hydrogen (secondary N) is 2. The molecule has 2 aromatic rings. The molecule has 0 radical (unpaired) electrons. The minimum atomic E-state index is -1.17. The van der Waals surface area contributed by atoms with E-state index in [4.69, 9.17) is 14.2 Å². The van der Waals surface area contributed by atoms with E-state index in [2.05, 4.69) is 15.5 Å². The van der Waals surface area contributed by atoms with Crippen molar-refractivity contribution in [3.8, 4) is 11.5 Å². The van der Waals surface area contributed by atoms with Crippen LogP contribution in [-0.4, -0.2) is 90.7 Å². The molecular weight excluding hydrogens is 560 g/mol. The van der Waals surface area contributed by atoms with Crippen LogP contribution in [0.15, 0.2) is 66.7 Å². The molecule has 1 spiro atoms. The summed E-state index contributed by atoms with van der Waals surface area (Å²) in [6.07, 6.45) is 8.39. The van der Waals surface area contributed by atoms with Gasteiger partial charge in [-0.25, -0.2) is 0 Å². The first kappa shape index (κ1) is 29.0. The largest absolute Gasteiger partial charge is 0.457 e. The zero-order chi connectivity index (χ0) is 30.1. The Hall–Kier alpha value is -3.73. The van der Waals surface area contributed by atoms with E-state index in [-0.39, 0.29) is 23.8 Å². The summed E-state index contributed by atoms with van der Waals surface area (Å²) in [4.78, 5) is 46.0. The molecule has 4 aliphatic heterocycles. The van der Waals surface area contributed by atoms with E-state index in [0.29, 0.717) is 37.7 Å². The molecule has 7 rings (SSSR count). The van der Waals surface area contributed by atoms with Gasteiger partial charge in [-0.3, -0.25) is 19.3 Å². The van der Waals surface area contributed by atoms with Crippen LogP contribution in [0.3, 0.4) is 0 Å². The van der Waals surface area contributed by atoms with Crippen molar-refractivity contribution in [2.24, 2.45) is 11.8 Å². The quantitative estimate of drug-likeness (QED) is 0.425. The van der Waals surface area contributed by atoms with Crippen molar-refractivity contribution in [2.75, 3.05) is 44.7 Å². The number of ether oxygens (including phenoxy) is 3. The second kappa shape index (κ2) is 12.3. The maximum absolute atomic E-state index is 14.2. The van der Waals surface area contributed by atoms with E-state index in [0.717, 1.165) is 44.5 Å². The van der Waals surface area contributed by atoms with E-state index in [1.54, 1.807) is 29.2 Å². The van der Waals surface area contributed by atoms with Crippen LogP contribution in [0.2, 0.25) is 0 Å². The Morgan fingerprint density at radius 2 is 1.64 bits per heavy atom. The molecule has 1 saturated carbocycles. The lowest BCUT2D eigenvalue weighted by molar-refractivity contribution is -0.141. The molecule has 5 atom stereocenters. The Kier molecular flexibility index (Phi) is 8.14. The molecule has 10 heteroatoms. The van der Waals surface area contributed by atoms with E-state index < -0.39 is 29.6 Å². The molecule has 4 fully saturated rings. The Labute approximate surface area is 257 Å². The summed E-state index contributed by atoms with van der Waals surface area (Å²) in [6.45, 7) is 3.90. The average molecular weight is 601 g/mol. The third-order valence-corrected chi connectivity index (χ3v) is 9.74. The molecule has 44 heavy (non-hydrogen) atoms. The number of hydrogen-bond acceptors (Lipinski definition) is 7. The van der Waals surface area contributed by atoms with Crippen LogP contribution in [0.25, 0.3) is 0 Å². The van der Waals surface area contributed by atoms with Gasteiger partial charge in [-0.2, -0.15) is 0 Å². The van der Waals surface area contributed by atoms with Gasteiger partial charge in [-0.05, 0) is 49.2 Å². The van der Waals surface area contributed by atoms with Crippen LogP contribution in [0, 0.1) is 11.8 Å². The molecule has 4 heterocycles. The van der Waals surface area contributed by atoms with Crippen LogP contribution in [0.1, 0.15) is 32.1 Å². The van der Waals surface area contributed by atoms with Gasteiger partial charge in [-0.15, -0.1) is 0 Å². The van der Waals surface area contributed by atoms with Gasteiger partial charge in [-0.1, -0.05) is 49.6 Å². The Balaban J connectivity index is 1.09. The van der Waals surface area contributed by atoms with Crippen molar-refractivity contribution < 1.29 is 28.6 Å². The summed E-state index contributed by atoms with van der Waals surface area (Å²) < 4.78 is 17.9. The minimum Gasteiger partial charge on any atom is -0.457 e. The van der Waals surface area contributed by atoms with Crippen LogP contribution in [0.5, 0.6) is 11.5 Å². The number of likely N-dealkylation sites (tertiary alicyclic amines) is 1. The van der Waals surface area contributed by atoms with Gasteiger partial charge in [0, 0.05) is 37.9 Å². The van der Waals surface area contributed by atoms with Crippen molar-refractivity contribution in [3.05, 3.63) is 66.7 Å². The minimum absolute atomic E-state index is 0.0958. The Morgan fingerprint density at radius 1 is 0.909 bits per heavy atom. The predicted molar refractivity (Wildman–Crippen MR) is 163 cm³/mol. The van der Waals surface area contributed by atoms with Gasteiger partial charge >= 0.3 is 0 Å².